The molecule has 4 nitrogen and oxygen atoms in total. The molecule has 0 spiro atoms. The van der Waals surface area contributed by atoms with Gasteiger partial charge in [0.2, 0.25) is 0 Å². The van der Waals surface area contributed by atoms with Crippen molar-refractivity contribution in [1.82, 2.24) is 14.9 Å². The second kappa shape index (κ2) is 5.99. The Bertz CT molecular complexity index is 537. The number of rotatable bonds is 5. The summed E-state index contributed by atoms with van der Waals surface area (Å²) in [6.07, 6.45) is 4.71. The molecule has 2 aromatic rings. The zero-order chi connectivity index (χ0) is 12.8. The molecule has 18 heavy (non-hydrogen) atoms. The van der Waals surface area contributed by atoms with Gasteiger partial charge >= 0.3 is 0 Å². The lowest BCUT2D eigenvalue weighted by atomic mass is 10.2. The minimum atomic E-state index is 0.691. The molecule has 0 bridgehead atoms. The molecule has 2 rings (SSSR count). The van der Waals surface area contributed by atoms with Gasteiger partial charge in [-0.2, -0.15) is 5.26 Å². The highest BCUT2D eigenvalue weighted by molar-refractivity contribution is 5.28. The second-order valence-corrected chi connectivity index (χ2v) is 4.20. The molecule has 0 saturated carbocycles. The molecule has 2 aromatic heterocycles. The van der Waals surface area contributed by atoms with Crippen LogP contribution in [-0.2, 0) is 20.0 Å². The quantitative estimate of drug-likeness (QED) is 0.808. The predicted molar refractivity (Wildman–Crippen MR) is 69.8 cm³/mol. The van der Waals surface area contributed by atoms with Gasteiger partial charge in [-0.15, -0.1) is 0 Å². The zero-order valence-corrected chi connectivity index (χ0v) is 10.4. The standard InChI is InChI=1S/C14H16N4/c1-18-11-12(8-14(18)9-15)10-16-7-5-13-4-2-3-6-17-13/h2-4,6,8,11,16H,5,7,10H2,1H3. The first-order chi connectivity index (χ1) is 8.79. The van der Waals surface area contributed by atoms with Crippen LogP contribution < -0.4 is 5.32 Å². The van der Waals surface area contributed by atoms with Gasteiger partial charge < -0.3 is 9.88 Å². The van der Waals surface area contributed by atoms with E-state index in [0.29, 0.717) is 5.69 Å². The molecule has 0 saturated heterocycles. The number of hydrogen-bond acceptors (Lipinski definition) is 3. The molecule has 2 heterocycles. The smallest absolute Gasteiger partial charge is 0.120 e. The van der Waals surface area contributed by atoms with Crippen LogP contribution in [0.15, 0.2) is 36.7 Å². The van der Waals surface area contributed by atoms with Crippen molar-refractivity contribution in [3.63, 3.8) is 0 Å². The summed E-state index contributed by atoms with van der Waals surface area (Å²) in [6.45, 7) is 1.66. The van der Waals surface area contributed by atoms with Gasteiger partial charge in [0.25, 0.3) is 0 Å². The molecular weight excluding hydrogens is 224 g/mol. The van der Waals surface area contributed by atoms with E-state index in [0.717, 1.165) is 30.8 Å². The average molecular weight is 240 g/mol. The second-order valence-electron chi connectivity index (χ2n) is 4.20. The van der Waals surface area contributed by atoms with Crippen LogP contribution in [0.4, 0.5) is 0 Å². The topological polar surface area (TPSA) is 53.6 Å². The molecule has 0 amide bonds. The molecule has 92 valence electrons. The summed E-state index contributed by atoms with van der Waals surface area (Å²) in [7, 11) is 1.88. The highest BCUT2D eigenvalue weighted by atomic mass is 14.9. The summed E-state index contributed by atoms with van der Waals surface area (Å²) < 4.78 is 1.84. The lowest BCUT2D eigenvalue weighted by Crippen LogP contribution is -2.16. The summed E-state index contributed by atoms with van der Waals surface area (Å²) in [5.41, 5.74) is 2.92. The van der Waals surface area contributed by atoms with Crippen molar-refractivity contribution in [2.24, 2.45) is 7.05 Å². The third kappa shape index (κ3) is 3.19. The van der Waals surface area contributed by atoms with E-state index in [1.54, 1.807) is 0 Å². The number of nitrogens with zero attached hydrogens (tertiary/aromatic N) is 3. The molecule has 0 atom stereocenters. The highest BCUT2D eigenvalue weighted by Crippen LogP contribution is 2.05. The van der Waals surface area contributed by atoms with Crippen molar-refractivity contribution in [2.75, 3.05) is 6.54 Å². The maximum Gasteiger partial charge on any atom is 0.120 e. The van der Waals surface area contributed by atoms with Gasteiger partial charge in [-0.1, -0.05) is 6.07 Å². The van der Waals surface area contributed by atoms with E-state index >= 15 is 0 Å². The van der Waals surface area contributed by atoms with Crippen molar-refractivity contribution in [3.8, 4) is 6.07 Å². The number of hydrogen-bond donors (Lipinski definition) is 1. The van der Waals surface area contributed by atoms with E-state index in [2.05, 4.69) is 16.4 Å². The van der Waals surface area contributed by atoms with Gasteiger partial charge in [-0.3, -0.25) is 4.98 Å². The van der Waals surface area contributed by atoms with E-state index < -0.39 is 0 Å². The molecule has 1 N–H and O–H groups in total. The highest BCUT2D eigenvalue weighted by Gasteiger charge is 2.01. The van der Waals surface area contributed by atoms with Gasteiger partial charge in [-0.25, -0.2) is 0 Å². The van der Waals surface area contributed by atoms with Crippen molar-refractivity contribution in [3.05, 3.63) is 53.6 Å². The fourth-order valence-corrected chi connectivity index (χ4v) is 1.84. The summed E-state index contributed by atoms with van der Waals surface area (Å²) in [6, 6.07) is 10.0. The Balaban J connectivity index is 1.77. The fourth-order valence-electron chi connectivity index (χ4n) is 1.84. The van der Waals surface area contributed by atoms with Crippen molar-refractivity contribution in [2.45, 2.75) is 13.0 Å². The molecular formula is C14H16N4. The van der Waals surface area contributed by atoms with Crippen molar-refractivity contribution in [1.29, 1.82) is 5.26 Å². The first kappa shape index (κ1) is 12.3. The molecule has 0 unspecified atom stereocenters. The molecule has 0 aliphatic rings. The van der Waals surface area contributed by atoms with Crippen molar-refractivity contribution >= 4 is 0 Å². The molecule has 4 heteroatoms. The Hall–Kier alpha value is -2.12. The van der Waals surface area contributed by atoms with Gasteiger partial charge in [0.1, 0.15) is 11.8 Å². The summed E-state index contributed by atoms with van der Waals surface area (Å²) >= 11 is 0. The maximum absolute atomic E-state index is 8.85. The van der Waals surface area contributed by atoms with Crippen LogP contribution in [0.3, 0.4) is 0 Å². The van der Waals surface area contributed by atoms with Gasteiger partial charge in [-0.05, 0) is 23.8 Å². The van der Waals surface area contributed by atoms with Crippen LogP contribution in [0.2, 0.25) is 0 Å². The summed E-state index contributed by atoms with van der Waals surface area (Å²) in [5, 5.41) is 12.2. The van der Waals surface area contributed by atoms with Gasteiger partial charge in [0, 0.05) is 44.6 Å². The van der Waals surface area contributed by atoms with Gasteiger partial charge in [0.05, 0.1) is 0 Å². The van der Waals surface area contributed by atoms with E-state index in [1.165, 1.54) is 0 Å². The Morgan fingerprint density at radius 1 is 1.44 bits per heavy atom. The molecule has 0 aromatic carbocycles. The van der Waals surface area contributed by atoms with Crippen LogP contribution in [0.5, 0.6) is 0 Å². The number of pyridine rings is 1. The van der Waals surface area contributed by atoms with Crippen LogP contribution in [-0.4, -0.2) is 16.1 Å². The maximum atomic E-state index is 8.85. The number of aromatic nitrogens is 2. The fraction of sp³-hybridized carbons (Fsp3) is 0.286. The molecule has 0 aliphatic heterocycles. The van der Waals surface area contributed by atoms with E-state index in [1.807, 2.05) is 48.3 Å². The van der Waals surface area contributed by atoms with E-state index in [-0.39, 0.29) is 0 Å². The third-order valence-electron chi connectivity index (χ3n) is 2.79. The normalized spacial score (nSPS) is 10.2. The number of nitrogens with one attached hydrogen (secondary N) is 1. The van der Waals surface area contributed by atoms with Crippen LogP contribution in [0.1, 0.15) is 17.0 Å². The summed E-state index contributed by atoms with van der Waals surface area (Å²) in [5.74, 6) is 0. The lowest BCUT2D eigenvalue weighted by Gasteiger charge is -2.02. The van der Waals surface area contributed by atoms with Crippen LogP contribution in [0.25, 0.3) is 0 Å². The van der Waals surface area contributed by atoms with E-state index in [4.69, 9.17) is 5.26 Å². The zero-order valence-electron chi connectivity index (χ0n) is 10.4. The van der Waals surface area contributed by atoms with Gasteiger partial charge in [0.15, 0.2) is 0 Å². The Morgan fingerprint density at radius 2 is 2.33 bits per heavy atom. The lowest BCUT2D eigenvalue weighted by molar-refractivity contribution is 0.679. The minimum Gasteiger partial charge on any atom is -0.342 e. The molecule has 0 fully saturated rings. The number of aryl methyl sites for hydroxylation is 1. The van der Waals surface area contributed by atoms with Crippen LogP contribution >= 0.6 is 0 Å². The van der Waals surface area contributed by atoms with Crippen LogP contribution in [0, 0.1) is 11.3 Å². The predicted octanol–water partition coefficient (Wildman–Crippen LogP) is 1.62. The number of nitriles is 1. The van der Waals surface area contributed by atoms with Crippen molar-refractivity contribution < 1.29 is 0 Å². The third-order valence-corrected chi connectivity index (χ3v) is 2.79. The Labute approximate surface area is 107 Å². The first-order valence-corrected chi connectivity index (χ1v) is 5.95. The largest absolute Gasteiger partial charge is 0.342 e. The Morgan fingerprint density at radius 3 is 3.00 bits per heavy atom. The minimum absolute atomic E-state index is 0.691. The SMILES string of the molecule is Cn1cc(CNCCc2ccccn2)cc1C#N. The average Bonchev–Trinajstić information content (AvgIpc) is 2.76. The Kier molecular flexibility index (Phi) is 4.11. The molecule has 0 radical (unpaired) electrons. The molecule has 0 aliphatic carbocycles. The first-order valence-electron chi connectivity index (χ1n) is 5.95. The summed E-state index contributed by atoms with van der Waals surface area (Å²) in [4.78, 5) is 4.27. The van der Waals surface area contributed by atoms with E-state index in [9.17, 15) is 0 Å². The monoisotopic (exact) mass is 240 g/mol.